The lowest BCUT2D eigenvalue weighted by molar-refractivity contribution is -0.119. The van der Waals surface area contributed by atoms with Crippen LogP contribution in [0, 0.1) is 0 Å². The van der Waals surface area contributed by atoms with Gasteiger partial charge in [-0.2, -0.15) is 10.1 Å². The molecule has 0 fully saturated rings. The number of hydrogen-bond acceptors (Lipinski definition) is 5. The van der Waals surface area contributed by atoms with Crippen molar-refractivity contribution in [3.05, 3.63) is 70.2 Å². The Labute approximate surface area is 160 Å². The van der Waals surface area contributed by atoms with Gasteiger partial charge in [0.1, 0.15) is 11.8 Å². The summed E-state index contributed by atoms with van der Waals surface area (Å²) in [6.07, 6.45) is 1.45. The SMILES string of the molecule is COc1ccc(NC(=O)[C@@H](C)n2ncc(-c3ccc(Cl)cc3)nc2=O)cc1. The first-order chi connectivity index (χ1) is 13.0. The number of methoxy groups -OCH3 is 1. The molecule has 1 amide bonds. The Morgan fingerprint density at radius 1 is 1.15 bits per heavy atom. The van der Waals surface area contributed by atoms with Gasteiger partial charge in [0.25, 0.3) is 0 Å². The van der Waals surface area contributed by atoms with Crippen LogP contribution >= 0.6 is 11.6 Å². The maximum absolute atomic E-state index is 12.4. The third-order valence-corrected chi connectivity index (χ3v) is 4.21. The van der Waals surface area contributed by atoms with Gasteiger partial charge in [-0.1, -0.05) is 23.7 Å². The average Bonchev–Trinajstić information content (AvgIpc) is 2.68. The third kappa shape index (κ3) is 4.32. The second kappa shape index (κ2) is 8.01. The lowest BCUT2D eigenvalue weighted by Crippen LogP contribution is -2.34. The molecule has 0 aliphatic heterocycles. The minimum Gasteiger partial charge on any atom is -0.497 e. The van der Waals surface area contributed by atoms with Gasteiger partial charge in [-0.25, -0.2) is 9.48 Å². The first-order valence-electron chi connectivity index (χ1n) is 8.14. The molecule has 0 saturated heterocycles. The third-order valence-electron chi connectivity index (χ3n) is 3.96. The number of anilines is 1. The largest absolute Gasteiger partial charge is 0.497 e. The highest BCUT2D eigenvalue weighted by Gasteiger charge is 2.18. The van der Waals surface area contributed by atoms with Crippen molar-refractivity contribution >= 4 is 23.2 Å². The molecule has 1 atom stereocenters. The van der Waals surface area contributed by atoms with Crippen LogP contribution in [-0.2, 0) is 4.79 Å². The summed E-state index contributed by atoms with van der Waals surface area (Å²) in [6.45, 7) is 1.58. The number of hydrogen-bond donors (Lipinski definition) is 1. The quantitative estimate of drug-likeness (QED) is 0.730. The molecule has 0 unspecified atom stereocenters. The number of benzene rings is 2. The zero-order valence-electron chi connectivity index (χ0n) is 14.7. The van der Waals surface area contributed by atoms with Crippen LogP contribution in [0.15, 0.2) is 59.5 Å². The molecule has 0 spiro atoms. The Balaban J connectivity index is 1.77. The van der Waals surface area contributed by atoms with E-state index in [2.05, 4.69) is 15.4 Å². The Morgan fingerprint density at radius 2 is 1.81 bits per heavy atom. The number of carbonyl (C=O) groups is 1. The molecule has 8 heteroatoms. The summed E-state index contributed by atoms with van der Waals surface area (Å²) in [5, 5.41) is 7.42. The van der Waals surface area contributed by atoms with Crippen LogP contribution in [0.2, 0.25) is 5.02 Å². The highest BCUT2D eigenvalue weighted by molar-refractivity contribution is 6.30. The first-order valence-corrected chi connectivity index (χ1v) is 8.52. The predicted octanol–water partition coefficient (Wildman–Crippen LogP) is 3.17. The van der Waals surface area contributed by atoms with Crippen LogP contribution in [0.4, 0.5) is 5.69 Å². The van der Waals surface area contributed by atoms with E-state index in [-0.39, 0.29) is 5.91 Å². The van der Waals surface area contributed by atoms with Crippen molar-refractivity contribution in [2.24, 2.45) is 0 Å². The van der Waals surface area contributed by atoms with E-state index in [0.29, 0.717) is 27.7 Å². The topological polar surface area (TPSA) is 86.1 Å². The minimum atomic E-state index is -0.827. The molecule has 1 aromatic heterocycles. The van der Waals surface area contributed by atoms with E-state index in [9.17, 15) is 9.59 Å². The summed E-state index contributed by atoms with van der Waals surface area (Å²) < 4.78 is 6.12. The summed E-state index contributed by atoms with van der Waals surface area (Å²) in [4.78, 5) is 28.8. The van der Waals surface area contributed by atoms with Crippen molar-refractivity contribution < 1.29 is 9.53 Å². The second-order valence-electron chi connectivity index (χ2n) is 5.77. The second-order valence-corrected chi connectivity index (χ2v) is 6.21. The van der Waals surface area contributed by atoms with Crippen molar-refractivity contribution in [2.75, 3.05) is 12.4 Å². The van der Waals surface area contributed by atoms with Crippen molar-refractivity contribution in [1.29, 1.82) is 0 Å². The molecule has 27 heavy (non-hydrogen) atoms. The summed E-state index contributed by atoms with van der Waals surface area (Å²) in [6, 6.07) is 12.9. The molecule has 1 heterocycles. The van der Waals surface area contributed by atoms with Crippen LogP contribution in [0.5, 0.6) is 5.75 Å². The number of aromatic nitrogens is 3. The van der Waals surface area contributed by atoms with Gasteiger partial charge in [0.2, 0.25) is 5.91 Å². The molecule has 0 bridgehead atoms. The normalized spacial score (nSPS) is 11.7. The highest BCUT2D eigenvalue weighted by Crippen LogP contribution is 2.19. The van der Waals surface area contributed by atoms with Gasteiger partial charge in [0.15, 0.2) is 0 Å². The fourth-order valence-corrected chi connectivity index (χ4v) is 2.53. The molecule has 0 radical (unpaired) electrons. The lowest BCUT2D eigenvalue weighted by atomic mass is 10.2. The number of amides is 1. The Hall–Kier alpha value is -3.19. The number of halogens is 1. The van der Waals surface area contributed by atoms with Crippen LogP contribution < -0.4 is 15.7 Å². The average molecular weight is 385 g/mol. The smallest absolute Gasteiger partial charge is 0.365 e. The Kier molecular flexibility index (Phi) is 5.52. The Morgan fingerprint density at radius 3 is 2.41 bits per heavy atom. The fraction of sp³-hybridized carbons (Fsp3) is 0.158. The van der Waals surface area contributed by atoms with Gasteiger partial charge in [-0.05, 0) is 43.3 Å². The van der Waals surface area contributed by atoms with E-state index in [4.69, 9.17) is 16.3 Å². The summed E-state index contributed by atoms with van der Waals surface area (Å²) in [7, 11) is 1.56. The van der Waals surface area contributed by atoms with Crippen molar-refractivity contribution in [2.45, 2.75) is 13.0 Å². The molecule has 138 valence electrons. The molecule has 1 N–H and O–H groups in total. The lowest BCUT2D eigenvalue weighted by Gasteiger charge is -2.14. The monoisotopic (exact) mass is 384 g/mol. The summed E-state index contributed by atoms with van der Waals surface area (Å²) in [5.74, 6) is 0.303. The van der Waals surface area contributed by atoms with Crippen LogP contribution in [-0.4, -0.2) is 27.8 Å². The van der Waals surface area contributed by atoms with E-state index in [1.807, 2.05) is 0 Å². The highest BCUT2D eigenvalue weighted by atomic mass is 35.5. The van der Waals surface area contributed by atoms with Gasteiger partial charge >= 0.3 is 5.69 Å². The first kappa shape index (κ1) is 18.6. The van der Waals surface area contributed by atoms with E-state index >= 15 is 0 Å². The molecule has 7 nitrogen and oxygen atoms in total. The number of ether oxygens (including phenoxy) is 1. The maximum Gasteiger partial charge on any atom is 0.365 e. The molecule has 0 saturated carbocycles. The van der Waals surface area contributed by atoms with Crippen molar-refractivity contribution in [1.82, 2.24) is 14.8 Å². The summed E-state index contributed by atoms with van der Waals surface area (Å²) in [5.41, 5.74) is 1.11. The number of carbonyl (C=O) groups excluding carboxylic acids is 1. The van der Waals surface area contributed by atoms with Crippen molar-refractivity contribution in [3.8, 4) is 17.0 Å². The fourth-order valence-electron chi connectivity index (χ4n) is 2.41. The number of nitrogens with zero attached hydrogens (tertiary/aromatic N) is 3. The Bertz CT molecular complexity index is 1000. The van der Waals surface area contributed by atoms with E-state index < -0.39 is 11.7 Å². The standard InChI is InChI=1S/C19H17ClN4O3/c1-12(18(25)22-15-7-9-16(27-2)10-8-15)24-19(26)23-17(11-21-24)13-3-5-14(20)6-4-13/h3-12H,1-2H3,(H,22,25)/t12-/m1/s1. The van der Waals surface area contributed by atoms with Gasteiger partial charge in [-0.3, -0.25) is 4.79 Å². The number of rotatable bonds is 5. The minimum absolute atomic E-state index is 0.379. The molecule has 2 aromatic carbocycles. The number of nitrogens with one attached hydrogen (secondary N) is 1. The zero-order valence-corrected chi connectivity index (χ0v) is 15.5. The van der Waals surface area contributed by atoms with E-state index in [1.54, 1.807) is 62.6 Å². The molecule has 3 aromatic rings. The summed E-state index contributed by atoms with van der Waals surface area (Å²) >= 11 is 5.86. The van der Waals surface area contributed by atoms with Gasteiger partial charge in [-0.15, -0.1) is 0 Å². The zero-order chi connectivity index (χ0) is 19.4. The molecule has 3 rings (SSSR count). The van der Waals surface area contributed by atoms with Gasteiger partial charge in [0, 0.05) is 16.3 Å². The van der Waals surface area contributed by atoms with Gasteiger partial charge < -0.3 is 10.1 Å². The van der Waals surface area contributed by atoms with E-state index in [0.717, 1.165) is 4.68 Å². The predicted molar refractivity (Wildman–Crippen MR) is 103 cm³/mol. The molecule has 0 aliphatic rings. The molecular weight excluding hydrogens is 368 g/mol. The maximum atomic E-state index is 12.4. The van der Waals surface area contributed by atoms with Crippen LogP contribution in [0.25, 0.3) is 11.3 Å². The van der Waals surface area contributed by atoms with Crippen LogP contribution in [0.1, 0.15) is 13.0 Å². The van der Waals surface area contributed by atoms with Crippen molar-refractivity contribution in [3.63, 3.8) is 0 Å². The molecule has 0 aliphatic carbocycles. The molecular formula is C19H17ClN4O3. The van der Waals surface area contributed by atoms with Crippen LogP contribution in [0.3, 0.4) is 0 Å². The van der Waals surface area contributed by atoms with E-state index in [1.165, 1.54) is 6.20 Å². The van der Waals surface area contributed by atoms with Gasteiger partial charge in [0.05, 0.1) is 19.0 Å².